The summed E-state index contributed by atoms with van der Waals surface area (Å²) >= 11 is 0. The molecule has 1 aromatic rings. The van der Waals surface area contributed by atoms with E-state index in [0.29, 0.717) is 0 Å². The SMILES string of the molecule is COc1cn([C@@H]2O[C@@H](CO)[C@@H](O)[C@@H]2O)c(=O)[nH]c1=O. The number of aliphatic hydroxyl groups is 3. The molecule has 9 heteroatoms. The number of H-pyrrole nitrogens is 1. The quantitative estimate of drug-likeness (QED) is 0.466. The normalized spacial score (nSPS) is 30.5. The lowest BCUT2D eigenvalue weighted by molar-refractivity contribution is -0.0552. The van der Waals surface area contributed by atoms with Crippen LogP contribution in [0.1, 0.15) is 6.23 Å². The predicted molar refractivity (Wildman–Crippen MR) is 60.9 cm³/mol. The average molecular weight is 274 g/mol. The summed E-state index contributed by atoms with van der Waals surface area (Å²) in [6.45, 7) is -0.510. The molecule has 0 aliphatic carbocycles. The van der Waals surface area contributed by atoms with Crippen LogP contribution in [0.5, 0.6) is 5.75 Å². The van der Waals surface area contributed by atoms with Crippen molar-refractivity contribution in [3.8, 4) is 5.75 Å². The molecule has 0 amide bonds. The van der Waals surface area contributed by atoms with E-state index in [9.17, 15) is 19.8 Å². The van der Waals surface area contributed by atoms with Crippen molar-refractivity contribution in [3.63, 3.8) is 0 Å². The molecule has 1 fully saturated rings. The molecule has 9 nitrogen and oxygen atoms in total. The first kappa shape index (κ1) is 13.7. The highest BCUT2D eigenvalue weighted by Gasteiger charge is 2.43. The minimum Gasteiger partial charge on any atom is -0.490 e. The Morgan fingerprint density at radius 2 is 2.11 bits per heavy atom. The van der Waals surface area contributed by atoms with E-state index in [2.05, 4.69) is 0 Å². The topological polar surface area (TPSA) is 134 Å². The maximum Gasteiger partial charge on any atom is 0.330 e. The molecule has 1 aliphatic heterocycles. The first-order chi connectivity index (χ1) is 8.99. The average Bonchev–Trinajstić information content (AvgIpc) is 2.67. The van der Waals surface area contributed by atoms with Gasteiger partial charge in [-0.1, -0.05) is 0 Å². The lowest BCUT2D eigenvalue weighted by Crippen LogP contribution is -2.38. The number of hydrogen-bond acceptors (Lipinski definition) is 7. The fraction of sp³-hybridized carbons (Fsp3) is 0.600. The number of aromatic amines is 1. The van der Waals surface area contributed by atoms with Crippen LogP contribution in [0.15, 0.2) is 15.8 Å². The largest absolute Gasteiger partial charge is 0.490 e. The maximum absolute atomic E-state index is 11.7. The van der Waals surface area contributed by atoms with Crippen LogP contribution in [-0.4, -0.2) is 56.9 Å². The van der Waals surface area contributed by atoms with Gasteiger partial charge >= 0.3 is 5.69 Å². The standard InChI is InChI=1S/C10H14N2O7/c1-18-4-2-12(10(17)11-8(4)16)9-7(15)6(14)5(3-13)19-9/h2,5-7,9,13-15H,3H2,1H3,(H,11,16,17)/t5-,6+,7-,9+/m0/s1. The summed E-state index contributed by atoms with van der Waals surface area (Å²) in [6, 6.07) is 0. The Hall–Kier alpha value is -1.68. The number of ether oxygens (including phenoxy) is 2. The van der Waals surface area contributed by atoms with E-state index < -0.39 is 42.4 Å². The van der Waals surface area contributed by atoms with Crippen LogP contribution in [0, 0.1) is 0 Å². The molecule has 1 saturated heterocycles. The van der Waals surface area contributed by atoms with Gasteiger partial charge in [0.1, 0.15) is 18.3 Å². The second-order valence-corrected chi connectivity index (χ2v) is 4.09. The molecule has 4 N–H and O–H groups in total. The van der Waals surface area contributed by atoms with Crippen molar-refractivity contribution < 1.29 is 24.8 Å². The molecule has 0 radical (unpaired) electrons. The fourth-order valence-electron chi connectivity index (χ4n) is 1.91. The molecule has 0 unspecified atom stereocenters. The van der Waals surface area contributed by atoms with Crippen LogP contribution in [0.4, 0.5) is 0 Å². The highest BCUT2D eigenvalue weighted by Crippen LogP contribution is 2.28. The van der Waals surface area contributed by atoms with Crippen molar-refractivity contribution in [2.75, 3.05) is 13.7 Å². The number of nitrogens with zero attached hydrogens (tertiary/aromatic N) is 1. The summed E-state index contributed by atoms with van der Waals surface area (Å²) in [5, 5.41) is 28.4. The van der Waals surface area contributed by atoms with Crippen LogP contribution in [0.25, 0.3) is 0 Å². The van der Waals surface area contributed by atoms with Crippen molar-refractivity contribution in [3.05, 3.63) is 27.0 Å². The van der Waals surface area contributed by atoms with Crippen LogP contribution in [0.3, 0.4) is 0 Å². The minimum atomic E-state index is -1.41. The van der Waals surface area contributed by atoms with Gasteiger partial charge in [0, 0.05) is 0 Å². The second kappa shape index (κ2) is 5.13. The zero-order chi connectivity index (χ0) is 14.2. The van der Waals surface area contributed by atoms with Gasteiger partial charge in [0.15, 0.2) is 6.23 Å². The predicted octanol–water partition coefficient (Wildman–Crippen LogP) is -2.84. The molecule has 0 bridgehead atoms. The van der Waals surface area contributed by atoms with Gasteiger partial charge in [0.25, 0.3) is 5.56 Å². The van der Waals surface area contributed by atoms with E-state index in [1.807, 2.05) is 4.98 Å². The van der Waals surface area contributed by atoms with Gasteiger partial charge in [-0.2, -0.15) is 0 Å². The number of methoxy groups -OCH3 is 1. The Morgan fingerprint density at radius 1 is 1.42 bits per heavy atom. The van der Waals surface area contributed by atoms with Crippen molar-refractivity contribution in [2.45, 2.75) is 24.5 Å². The van der Waals surface area contributed by atoms with Crippen molar-refractivity contribution >= 4 is 0 Å². The van der Waals surface area contributed by atoms with E-state index >= 15 is 0 Å². The lowest BCUT2D eigenvalue weighted by atomic mass is 10.1. The molecule has 1 aliphatic rings. The molecular formula is C10H14N2O7. The number of nitrogens with one attached hydrogen (secondary N) is 1. The molecule has 106 valence electrons. The summed E-state index contributed by atoms with van der Waals surface area (Å²) in [7, 11) is 1.25. The molecule has 2 rings (SSSR count). The van der Waals surface area contributed by atoms with Crippen LogP contribution in [0.2, 0.25) is 0 Å². The molecule has 0 saturated carbocycles. The summed E-state index contributed by atoms with van der Waals surface area (Å²) < 4.78 is 10.8. The minimum absolute atomic E-state index is 0.141. The first-order valence-corrected chi connectivity index (χ1v) is 5.51. The third-order valence-corrected chi connectivity index (χ3v) is 2.95. The van der Waals surface area contributed by atoms with E-state index in [0.717, 1.165) is 10.8 Å². The maximum atomic E-state index is 11.7. The number of aromatic nitrogens is 2. The Labute approximate surface area is 106 Å². The highest BCUT2D eigenvalue weighted by atomic mass is 16.6. The van der Waals surface area contributed by atoms with E-state index in [-0.39, 0.29) is 5.75 Å². The summed E-state index contributed by atoms with van der Waals surface area (Å²) in [6.07, 6.45) is -3.90. The van der Waals surface area contributed by atoms with Crippen LogP contribution in [-0.2, 0) is 4.74 Å². The van der Waals surface area contributed by atoms with E-state index in [1.165, 1.54) is 7.11 Å². The number of aliphatic hydroxyl groups excluding tert-OH is 3. The van der Waals surface area contributed by atoms with Gasteiger partial charge in [0.2, 0.25) is 5.75 Å². The van der Waals surface area contributed by atoms with Gasteiger partial charge in [-0.25, -0.2) is 4.79 Å². The third-order valence-electron chi connectivity index (χ3n) is 2.95. The molecule has 4 atom stereocenters. The van der Waals surface area contributed by atoms with Crippen LogP contribution >= 0.6 is 0 Å². The molecule has 0 aromatic carbocycles. The Kier molecular flexibility index (Phi) is 3.71. The summed E-state index contributed by atoms with van der Waals surface area (Å²) in [5.74, 6) is -0.141. The van der Waals surface area contributed by atoms with Crippen LogP contribution < -0.4 is 16.0 Å². The zero-order valence-electron chi connectivity index (χ0n) is 10.0. The first-order valence-electron chi connectivity index (χ1n) is 5.51. The number of hydrogen-bond donors (Lipinski definition) is 4. The Morgan fingerprint density at radius 3 is 2.63 bits per heavy atom. The molecular weight excluding hydrogens is 260 g/mol. The lowest BCUT2D eigenvalue weighted by Gasteiger charge is -2.17. The highest BCUT2D eigenvalue weighted by molar-refractivity contribution is 5.12. The van der Waals surface area contributed by atoms with E-state index in [1.54, 1.807) is 0 Å². The fourth-order valence-corrected chi connectivity index (χ4v) is 1.91. The molecule has 0 spiro atoms. The molecule has 2 heterocycles. The zero-order valence-corrected chi connectivity index (χ0v) is 10.0. The summed E-state index contributed by atoms with van der Waals surface area (Å²) in [4.78, 5) is 25.0. The Bertz CT molecular complexity index is 566. The van der Waals surface area contributed by atoms with Gasteiger partial charge in [-0.3, -0.25) is 14.3 Å². The number of rotatable bonds is 3. The van der Waals surface area contributed by atoms with Gasteiger partial charge < -0.3 is 24.8 Å². The molecule has 19 heavy (non-hydrogen) atoms. The van der Waals surface area contributed by atoms with Gasteiger partial charge in [-0.05, 0) is 0 Å². The summed E-state index contributed by atoms with van der Waals surface area (Å²) in [5.41, 5.74) is -1.53. The van der Waals surface area contributed by atoms with Crippen molar-refractivity contribution in [1.29, 1.82) is 0 Å². The molecule has 1 aromatic heterocycles. The monoisotopic (exact) mass is 274 g/mol. The second-order valence-electron chi connectivity index (χ2n) is 4.09. The van der Waals surface area contributed by atoms with Crippen molar-refractivity contribution in [2.24, 2.45) is 0 Å². The van der Waals surface area contributed by atoms with Crippen molar-refractivity contribution in [1.82, 2.24) is 9.55 Å². The van der Waals surface area contributed by atoms with Gasteiger partial charge in [0.05, 0.1) is 19.9 Å². The van der Waals surface area contributed by atoms with E-state index in [4.69, 9.17) is 14.6 Å². The third kappa shape index (κ3) is 2.28. The van der Waals surface area contributed by atoms with Gasteiger partial charge in [-0.15, -0.1) is 0 Å². The smallest absolute Gasteiger partial charge is 0.330 e. The Balaban J connectivity index is 2.43.